The van der Waals surface area contributed by atoms with E-state index < -0.39 is 11.6 Å². The van der Waals surface area contributed by atoms with Crippen LogP contribution < -0.4 is 10.4 Å². The van der Waals surface area contributed by atoms with Crippen molar-refractivity contribution in [2.24, 2.45) is 0 Å². The van der Waals surface area contributed by atoms with Crippen molar-refractivity contribution in [2.45, 2.75) is 33.3 Å². The summed E-state index contributed by atoms with van der Waals surface area (Å²) in [7, 11) is 0. The SMILES string of the molecule is Cc1cc2oc(=O)cc(COC(=O)COc3ccccc3C#N)c2cc1C(C)C. The third-order valence-corrected chi connectivity index (χ3v) is 4.58. The Balaban J connectivity index is 1.76. The van der Waals surface area contributed by atoms with Gasteiger partial charge in [-0.25, -0.2) is 9.59 Å². The molecule has 6 heteroatoms. The van der Waals surface area contributed by atoms with Crippen LogP contribution in [0.15, 0.2) is 51.7 Å². The highest BCUT2D eigenvalue weighted by molar-refractivity contribution is 5.82. The Labute approximate surface area is 168 Å². The van der Waals surface area contributed by atoms with Crippen molar-refractivity contribution in [3.8, 4) is 11.8 Å². The van der Waals surface area contributed by atoms with Crippen molar-refractivity contribution in [3.63, 3.8) is 0 Å². The molecule has 29 heavy (non-hydrogen) atoms. The van der Waals surface area contributed by atoms with Gasteiger partial charge < -0.3 is 13.9 Å². The van der Waals surface area contributed by atoms with Crippen molar-refractivity contribution < 1.29 is 18.7 Å². The largest absolute Gasteiger partial charge is 0.481 e. The van der Waals surface area contributed by atoms with Crippen LogP contribution in [-0.4, -0.2) is 12.6 Å². The topological polar surface area (TPSA) is 89.5 Å². The van der Waals surface area contributed by atoms with Crippen molar-refractivity contribution in [1.29, 1.82) is 5.26 Å². The van der Waals surface area contributed by atoms with Crippen molar-refractivity contribution >= 4 is 16.9 Å². The van der Waals surface area contributed by atoms with Gasteiger partial charge >= 0.3 is 11.6 Å². The minimum atomic E-state index is -0.602. The third-order valence-electron chi connectivity index (χ3n) is 4.58. The lowest BCUT2D eigenvalue weighted by atomic mass is 9.95. The van der Waals surface area contributed by atoms with Crippen molar-refractivity contribution in [2.75, 3.05) is 6.61 Å². The normalized spacial score (nSPS) is 10.7. The van der Waals surface area contributed by atoms with Crippen LogP contribution in [0.4, 0.5) is 0 Å². The second-order valence-electron chi connectivity index (χ2n) is 7.01. The number of rotatable bonds is 6. The zero-order chi connectivity index (χ0) is 21.0. The molecular weight excluding hydrogens is 370 g/mol. The number of hydrogen-bond acceptors (Lipinski definition) is 6. The number of aryl methyl sites for hydroxylation is 1. The molecule has 0 bridgehead atoms. The van der Waals surface area contributed by atoms with E-state index in [-0.39, 0.29) is 13.2 Å². The van der Waals surface area contributed by atoms with Crippen molar-refractivity contribution in [1.82, 2.24) is 0 Å². The molecule has 0 saturated carbocycles. The number of esters is 1. The summed E-state index contributed by atoms with van der Waals surface area (Å²) in [5.41, 5.74) is 3.04. The first-order valence-corrected chi connectivity index (χ1v) is 9.24. The van der Waals surface area contributed by atoms with Crippen LogP contribution in [0, 0.1) is 18.3 Å². The number of benzene rings is 2. The minimum Gasteiger partial charge on any atom is -0.481 e. The van der Waals surface area contributed by atoms with E-state index >= 15 is 0 Å². The molecule has 0 aliphatic rings. The molecule has 2 aromatic carbocycles. The van der Waals surface area contributed by atoms with Crippen LogP contribution in [0.1, 0.15) is 42.0 Å². The zero-order valence-corrected chi connectivity index (χ0v) is 16.5. The first-order valence-electron chi connectivity index (χ1n) is 9.24. The molecule has 3 aromatic rings. The summed E-state index contributed by atoms with van der Waals surface area (Å²) in [6.07, 6.45) is 0. The lowest BCUT2D eigenvalue weighted by Gasteiger charge is -2.13. The van der Waals surface area contributed by atoms with E-state index in [1.165, 1.54) is 6.07 Å². The number of nitrogens with zero attached hydrogens (tertiary/aromatic N) is 1. The molecule has 6 nitrogen and oxygen atoms in total. The summed E-state index contributed by atoms with van der Waals surface area (Å²) in [5, 5.41) is 9.80. The number of para-hydroxylation sites is 1. The molecule has 0 atom stereocenters. The Bertz CT molecular complexity index is 1150. The van der Waals surface area contributed by atoms with Gasteiger partial charge in [0.15, 0.2) is 6.61 Å². The molecule has 0 unspecified atom stereocenters. The van der Waals surface area contributed by atoms with E-state index in [2.05, 4.69) is 13.8 Å². The van der Waals surface area contributed by atoms with Crippen LogP contribution in [-0.2, 0) is 16.1 Å². The van der Waals surface area contributed by atoms with Gasteiger partial charge in [0.2, 0.25) is 0 Å². The minimum absolute atomic E-state index is 0.0786. The fourth-order valence-electron chi connectivity index (χ4n) is 3.15. The van der Waals surface area contributed by atoms with Crippen LogP contribution in [0.5, 0.6) is 5.75 Å². The second kappa shape index (κ2) is 8.61. The van der Waals surface area contributed by atoms with Crippen LogP contribution in [0.2, 0.25) is 0 Å². The second-order valence-corrected chi connectivity index (χ2v) is 7.01. The lowest BCUT2D eigenvalue weighted by Crippen LogP contribution is -2.16. The quantitative estimate of drug-likeness (QED) is 0.462. The monoisotopic (exact) mass is 391 g/mol. The van der Waals surface area contributed by atoms with Gasteiger partial charge in [-0.1, -0.05) is 26.0 Å². The van der Waals surface area contributed by atoms with Crippen LogP contribution in [0.25, 0.3) is 11.0 Å². The maximum absolute atomic E-state index is 12.1. The van der Waals surface area contributed by atoms with Gasteiger partial charge in [-0.05, 0) is 48.2 Å². The Morgan fingerprint density at radius 1 is 1.21 bits per heavy atom. The predicted octanol–water partition coefficient (Wildman–Crippen LogP) is 4.22. The molecule has 0 amide bonds. The molecule has 3 rings (SSSR count). The fraction of sp³-hybridized carbons (Fsp3) is 0.261. The molecule has 0 spiro atoms. The maximum Gasteiger partial charge on any atom is 0.344 e. The van der Waals surface area contributed by atoms with Gasteiger partial charge in [0, 0.05) is 17.0 Å². The van der Waals surface area contributed by atoms with Crippen LogP contribution in [0.3, 0.4) is 0 Å². The maximum atomic E-state index is 12.1. The standard InChI is InChI=1S/C23H21NO5/c1-14(2)18-10-19-17(9-22(25)29-21(19)8-15(18)3)12-28-23(26)13-27-20-7-5-4-6-16(20)11-24/h4-10,14H,12-13H2,1-3H3. The fourth-order valence-corrected chi connectivity index (χ4v) is 3.15. The average Bonchev–Trinajstić information content (AvgIpc) is 2.69. The summed E-state index contributed by atoms with van der Waals surface area (Å²) in [6, 6.07) is 13.8. The first kappa shape index (κ1) is 20.2. The lowest BCUT2D eigenvalue weighted by molar-refractivity contribution is -0.147. The van der Waals surface area contributed by atoms with E-state index in [4.69, 9.17) is 19.2 Å². The van der Waals surface area contributed by atoms with E-state index in [0.717, 1.165) is 16.5 Å². The van der Waals surface area contributed by atoms with Gasteiger partial charge in [0.25, 0.3) is 0 Å². The average molecular weight is 391 g/mol. The molecular formula is C23H21NO5. The summed E-state index contributed by atoms with van der Waals surface area (Å²) in [5.74, 6) is 0.0143. The Morgan fingerprint density at radius 3 is 2.69 bits per heavy atom. The molecule has 0 aliphatic heterocycles. The number of hydrogen-bond donors (Lipinski definition) is 0. The molecule has 1 heterocycles. The van der Waals surface area contributed by atoms with E-state index in [1.54, 1.807) is 24.3 Å². The first-order chi connectivity index (χ1) is 13.9. The predicted molar refractivity (Wildman–Crippen MR) is 108 cm³/mol. The number of carbonyl (C=O) groups is 1. The number of ether oxygens (including phenoxy) is 2. The summed E-state index contributed by atoms with van der Waals surface area (Å²) < 4.78 is 16.0. The molecule has 148 valence electrons. The van der Waals surface area contributed by atoms with Crippen LogP contribution >= 0.6 is 0 Å². The Morgan fingerprint density at radius 2 is 1.97 bits per heavy atom. The Kier molecular flexibility index (Phi) is 5.99. The highest BCUT2D eigenvalue weighted by atomic mass is 16.6. The summed E-state index contributed by atoms with van der Waals surface area (Å²) in [6.45, 7) is 5.73. The van der Waals surface area contributed by atoms with Gasteiger partial charge in [-0.2, -0.15) is 5.26 Å². The summed E-state index contributed by atoms with van der Waals surface area (Å²) >= 11 is 0. The number of nitriles is 1. The third kappa shape index (κ3) is 4.64. The molecule has 0 N–H and O–H groups in total. The molecule has 0 aliphatic carbocycles. The summed E-state index contributed by atoms with van der Waals surface area (Å²) in [4.78, 5) is 24.0. The number of fused-ring (bicyclic) bond motifs is 1. The highest BCUT2D eigenvalue weighted by Crippen LogP contribution is 2.27. The molecule has 0 radical (unpaired) electrons. The molecule has 0 saturated heterocycles. The van der Waals surface area contributed by atoms with E-state index in [9.17, 15) is 9.59 Å². The highest BCUT2D eigenvalue weighted by Gasteiger charge is 2.13. The zero-order valence-electron chi connectivity index (χ0n) is 16.5. The van der Waals surface area contributed by atoms with E-state index in [1.807, 2.05) is 25.1 Å². The van der Waals surface area contributed by atoms with Gasteiger partial charge in [-0.15, -0.1) is 0 Å². The van der Waals surface area contributed by atoms with Gasteiger partial charge in [0.05, 0.1) is 5.56 Å². The number of carbonyl (C=O) groups excluding carboxylic acids is 1. The smallest absolute Gasteiger partial charge is 0.344 e. The van der Waals surface area contributed by atoms with Crippen molar-refractivity contribution in [3.05, 3.63) is 75.1 Å². The van der Waals surface area contributed by atoms with E-state index in [0.29, 0.717) is 28.4 Å². The Hall–Kier alpha value is -3.59. The molecule has 1 aromatic heterocycles. The molecule has 0 fully saturated rings. The van der Waals surface area contributed by atoms with Gasteiger partial charge in [0.1, 0.15) is 24.0 Å². The van der Waals surface area contributed by atoms with Gasteiger partial charge in [-0.3, -0.25) is 0 Å².